The van der Waals surface area contributed by atoms with Crippen molar-refractivity contribution in [2.24, 2.45) is 0 Å². The average molecular weight is 453 g/mol. The zero-order valence-electron chi connectivity index (χ0n) is 15.8. The molecule has 0 saturated carbocycles. The van der Waals surface area contributed by atoms with Crippen molar-refractivity contribution in [3.8, 4) is 0 Å². The van der Waals surface area contributed by atoms with Gasteiger partial charge in [-0.15, -0.1) is 0 Å². The van der Waals surface area contributed by atoms with E-state index in [0.29, 0.717) is 24.0 Å². The van der Waals surface area contributed by atoms with E-state index in [0.717, 1.165) is 17.4 Å². The third-order valence-corrected chi connectivity index (χ3v) is 5.44. The Labute approximate surface area is 176 Å². The lowest BCUT2D eigenvalue weighted by Gasteiger charge is -2.09. The summed E-state index contributed by atoms with van der Waals surface area (Å²) in [5.41, 5.74) is 1.72. The Morgan fingerprint density at radius 3 is 2.83 bits per heavy atom. The smallest absolute Gasteiger partial charge is 0.261 e. The van der Waals surface area contributed by atoms with Crippen LogP contribution >= 0.6 is 15.9 Å². The molecule has 0 aliphatic carbocycles. The summed E-state index contributed by atoms with van der Waals surface area (Å²) in [5, 5.41) is 4.70. The lowest BCUT2D eigenvalue weighted by molar-refractivity contribution is -0.121. The molecule has 1 N–H and O–H groups in total. The highest BCUT2D eigenvalue weighted by Crippen LogP contribution is 2.16. The molecular weight excluding hydrogens is 432 g/mol. The van der Waals surface area contributed by atoms with Gasteiger partial charge in [-0.1, -0.05) is 34.1 Å². The van der Waals surface area contributed by atoms with Crippen molar-refractivity contribution in [2.45, 2.75) is 25.9 Å². The van der Waals surface area contributed by atoms with Crippen LogP contribution in [0, 0.1) is 0 Å². The molecule has 0 unspecified atom stereocenters. The number of benzene rings is 2. The first-order valence-corrected chi connectivity index (χ1v) is 10.4. The number of carbonyl (C=O) groups is 1. The van der Waals surface area contributed by atoms with E-state index in [2.05, 4.69) is 55.2 Å². The average Bonchev–Trinajstić information content (AvgIpc) is 3.14. The molecule has 0 aliphatic rings. The molecule has 1 amide bonds. The van der Waals surface area contributed by atoms with Gasteiger partial charge in [-0.3, -0.25) is 14.2 Å². The lowest BCUT2D eigenvalue weighted by Crippen LogP contribution is -2.28. The molecule has 0 atom stereocenters. The van der Waals surface area contributed by atoms with E-state index < -0.39 is 0 Å². The van der Waals surface area contributed by atoms with Gasteiger partial charge in [-0.25, -0.2) is 4.98 Å². The van der Waals surface area contributed by atoms with Gasteiger partial charge in [0.2, 0.25) is 5.91 Å². The fourth-order valence-electron chi connectivity index (χ4n) is 3.41. The Balaban J connectivity index is 1.28. The van der Waals surface area contributed by atoms with Gasteiger partial charge in [0.05, 0.1) is 17.2 Å². The maximum atomic E-state index is 12.6. The summed E-state index contributed by atoms with van der Waals surface area (Å²) < 4.78 is 4.51. The number of nitrogens with zero attached hydrogens (tertiary/aromatic N) is 3. The number of halogens is 1. The number of hydrogen-bond acceptors (Lipinski definition) is 3. The Bertz CT molecular complexity index is 1230. The fraction of sp³-hybridized carbons (Fsp3) is 0.227. The predicted molar refractivity (Wildman–Crippen MR) is 118 cm³/mol. The highest BCUT2D eigenvalue weighted by molar-refractivity contribution is 9.10. The molecule has 0 aliphatic heterocycles. The van der Waals surface area contributed by atoms with Gasteiger partial charge < -0.3 is 9.88 Å². The Morgan fingerprint density at radius 1 is 1.07 bits per heavy atom. The van der Waals surface area contributed by atoms with Gasteiger partial charge in [0.15, 0.2) is 0 Å². The number of carbonyl (C=O) groups excluding carboxylic acids is 1. The van der Waals surface area contributed by atoms with Gasteiger partial charge in [0.25, 0.3) is 5.56 Å². The molecule has 4 rings (SSSR count). The number of aromatic nitrogens is 3. The number of nitrogens with one attached hydrogen (secondary N) is 1. The van der Waals surface area contributed by atoms with E-state index >= 15 is 0 Å². The minimum atomic E-state index is -0.136. The molecule has 6 nitrogen and oxygen atoms in total. The predicted octanol–water partition coefficient (Wildman–Crippen LogP) is 3.71. The summed E-state index contributed by atoms with van der Waals surface area (Å²) in [6, 6.07) is 15.8. The molecule has 29 heavy (non-hydrogen) atoms. The summed E-state index contributed by atoms with van der Waals surface area (Å²) in [7, 11) is 0. The molecule has 2 aromatic carbocycles. The molecule has 0 bridgehead atoms. The highest BCUT2D eigenvalue weighted by atomic mass is 79.9. The molecular formula is C22H21BrN4O2. The molecule has 2 aromatic heterocycles. The lowest BCUT2D eigenvalue weighted by atomic mass is 10.2. The molecule has 2 heterocycles. The maximum Gasteiger partial charge on any atom is 0.261 e. The van der Waals surface area contributed by atoms with Gasteiger partial charge in [-0.2, -0.15) is 0 Å². The van der Waals surface area contributed by atoms with Crippen molar-refractivity contribution < 1.29 is 4.79 Å². The number of aryl methyl sites for hydroxylation is 2. The second-order valence-electron chi connectivity index (χ2n) is 6.93. The number of para-hydroxylation sites is 1. The summed E-state index contributed by atoms with van der Waals surface area (Å²) in [6.45, 7) is 1.75. The Kier molecular flexibility index (Phi) is 5.76. The van der Waals surface area contributed by atoms with Gasteiger partial charge in [0.1, 0.15) is 0 Å². The molecule has 0 saturated heterocycles. The summed E-state index contributed by atoms with van der Waals surface area (Å²) in [6.07, 6.45) is 4.66. The summed E-state index contributed by atoms with van der Waals surface area (Å²) in [5.74, 6) is -0.0661. The topological polar surface area (TPSA) is 68.9 Å². The fourth-order valence-corrected chi connectivity index (χ4v) is 3.77. The van der Waals surface area contributed by atoms with Crippen molar-refractivity contribution in [3.05, 3.63) is 75.9 Å². The van der Waals surface area contributed by atoms with E-state index in [1.165, 1.54) is 21.8 Å². The van der Waals surface area contributed by atoms with Crippen molar-refractivity contribution in [2.75, 3.05) is 6.54 Å². The first kappa shape index (κ1) is 19.4. The van der Waals surface area contributed by atoms with Crippen LogP contribution in [0.4, 0.5) is 0 Å². The summed E-state index contributed by atoms with van der Waals surface area (Å²) in [4.78, 5) is 29.0. The first-order valence-electron chi connectivity index (χ1n) is 9.57. The van der Waals surface area contributed by atoms with Crippen LogP contribution in [0.2, 0.25) is 0 Å². The standard InChI is InChI=1S/C22H21BrN4O2/c23-17-6-7-19-18(14-17)22(29)27(15-25-19)13-9-21(28)24-10-3-11-26-12-8-16-4-1-2-5-20(16)26/h1-2,4-8,12,14-15H,3,9-11,13H2,(H,24,28). The maximum absolute atomic E-state index is 12.6. The SMILES string of the molecule is O=C(CCn1cnc2ccc(Br)cc2c1=O)NCCCn1ccc2ccccc21. The van der Waals surface area contributed by atoms with Gasteiger partial charge in [-0.05, 0) is 42.1 Å². The molecule has 0 spiro atoms. The normalized spacial score (nSPS) is 11.2. The number of fused-ring (bicyclic) bond motifs is 2. The van der Waals surface area contributed by atoms with Crippen LogP contribution in [0.5, 0.6) is 0 Å². The second-order valence-corrected chi connectivity index (χ2v) is 7.84. The van der Waals surface area contributed by atoms with Crippen LogP contribution in [0.15, 0.2) is 70.3 Å². The Hall–Kier alpha value is -2.93. The zero-order chi connectivity index (χ0) is 20.2. The van der Waals surface area contributed by atoms with Crippen LogP contribution < -0.4 is 10.9 Å². The van der Waals surface area contributed by atoms with E-state index in [9.17, 15) is 9.59 Å². The van der Waals surface area contributed by atoms with E-state index in [4.69, 9.17) is 0 Å². The monoisotopic (exact) mass is 452 g/mol. The van der Waals surface area contributed by atoms with Crippen molar-refractivity contribution >= 4 is 43.6 Å². The first-order chi connectivity index (χ1) is 14.1. The number of hydrogen-bond donors (Lipinski definition) is 1. The third-order valence-electron chi connectivity index (χ3n) is 4.94. The van der Waals surface area contributed by atoms with E-state index in [-0.39, 0.29) is 17.9 Å². The quantitative estimate of drug-likeness (QED) is 0.434. The summed E-state index contributed by atoms with van der Waals surface area (Å²) >= 11 is 3.37. The van der Waals surface area contributed by atoms with E-state index in [1.807, 2.05) is 18.2 Å². The largest absolute Gasteiger partial charge is 0.356 e. The van der Waals surface area contributed by atoms with Gasteiger partial charge >= 0.3 is 0 Å². The Morgan fingerprint density at radius 2 is 1.93 bits per heavy atom. The number of rotatable bonds is 7. The van der Waals surface area contributed by atoms with Gasteiger partial charge in [0, 0.05) is 42.2 Å². The van der Waals surface area contributed by atoms with E-state index in [1.54, 1.807) is 12.1 Å². The van der Waals surface area contributed by atoms with Crippen LogP contribution in [0.25, 0.3) is 21.8 Å². The minimum Gasteiger partial charge on any atom is -0.356 e. The van der Waals surface area contributed by atoms with Crippen molar-refractivity contribution in [3.63, 3.8) is 0 Å². The molecule has 4 aromatic rings. The van der Waals surface area contributed by atoms with Crippen LogP contribution in [0.3, 0.4) is 0 Å². The molecule has 0 radical (unpaired) electrons. The van der Waals surface area contributed by atoms with Crippen molar-refractivity contribution in [1.29, 1.82) is 0 Å². The molecule has 7 heteroatoms. The van der Waals surface area contributed by atoms with Crippen LogP contribution in [-0.4, -0.2) is 26.6 Å². The third kappa shape index (κ3) is 4.40. The van der Waals surface area contributed by atoms with Crippen LogP contribution in [-0.2, 0) is 17.9 Å². The molecule has 0 fully saturated rings. The highest BCUT2D eigenvalue weighted by Gasteiger charge is 2.07. The minimum absolute atomic E-state index is 0.0661. The molecule has 148 valence electrons. The van der Waals surface area contributed by atoms with Crippen molar-refractivity contribution in [1.82, 2.24) is 19.4 Å². The second kappa shape index (κ2) is 8.61. The number of amides is 1. The zero-order valence-corrected chi connectivity index (χ0v) is 17.4. The van der Waals surface area contributed by atoms with Crippen LogP contribution in [0.1, 0.15) is 12.8 Å².